The van der Waals surface area contributed by atoms with Gasteiger partial charge in [0.25, 0.3) is 0 Å². The molecule has 0 aliphatic carbocycles. The second-order valence-electron chi connectivity index (χ2n) is 6.69. The van der Waals surface area contributed by atoms with Crippen LogP contribution in [0.25, 0.3) is 10.9 Å². The Balaban J connectivity index is 2.07. The monoisotopic (exact) mass is 347 g/mol. The Morgan fingerprint density at radius 1 is 1.40 bits per heavy atom. The molecule has 0 amide bonds. The van der Waals surface area contributed by atoms with E-state index in [9.17, 15) is 24.2 Å². The zero-order chi connectivity index (χ0) is 18.0. The molecular formula is C17H18FN3O4. The average Bonchev–Trinajstić information content (AvgIpc) is 2.57. The number of hydrogen-bond donors (Lipinski definition) is 2. The first-order valence-corrected chi connectivity index (χ1v) is 8.11. The summed E-state index contributed by atoms with van der Waals surface area (Å²) in [4.78, 5) is 25.7. The number of hydrogen-bond acceptors (Lipinski definition) is 5. The minimum absolute atomic E-state index is 0.0661. The number of likely N-dealkylation sites (N-methyl/N-ethyl adjacent to an activating group) is 1. The molecule has 2 atom stereocenters. The molecule has 8 heteroatoms. The standard InChI is InChI=1S/C17H18FN3O4/c1-8-13(22)7-20(8)15-9-3-4-19(2)21-6-11(17(24)25)16(23)10(14(9)21)5-12(15)18/h5-6,8,13,22H,3-4,7H2,1-2H3,(H,24,25). The minimum Gasteiger partial charge on any atom is -0.477 e. The van der Waals surface area contributed by atoms with Crippen LogP contribution in [0.4, 0.5) is 10.1 Å². The molecule has 1 aromatic carbocycles. The van der Waals surface area contributed by atoms with Crippen LogP contribution in [0.5, 0.6) is 0 Å². The third-order valence-electron chi connectivity index (χ3n) is 5.30. The molecular weight excluding hydrogens is 329 g/mol. The van der Waals surface area contributed by atoms with Crippen LogP contribution in [0.1, 0.15) is 22.8 Å². The molecule has 0 bridgehead atoms. The Morgan fingerprint density at radius 2 is 2.12 bits per heavy atom. The summed E-state index contributed by atoms with van der Waals surface area (Å²) in [6.07, 6.45) is 1.32. The number of rotatable bonds is 2. The van der Waals surface area contributed by atoms with Crippen LogP contribution in [0.2, 0.25) is 0 Å². The van der Waals surface area contributed by atoms with Crippen LogP contribution in [-0.2, 0) is 6.42 Å². The minimum atomic E-state index is -1.33. The molecule has 0 spiro atoms. The fourth-order valence-electron chi connectivity index (χ4n) is 3.74. The molecule has 2 aliphatic heterocycles. The maximum absolute atomic E-state index is 14.9. The summed E-state index contributed by atoms with van der Waals surface area (Å²) >= 11 is 0. The molecule has 25 heavy (non-hydrogen) atoms. The summed E-state index contributed by atoms with van der Waals surface area (Å²) in [5, 5.41) is 20.9. The number of aromatic nitrogens is 1. The van der Waals surface area contributed by atoms with Crippen LogP contribution in [0.3, 0.4) is 0 Å². The molecule has 7 nitrogen and oxygen atoms in total. The van der Waals surface area contributed by atoms with Gasteiger partial charge in [0.1, 0.15) is 11.4 Å². The number of halogens is 1. The molecule has 1 saturated heterocycles. The quantitative estimate of drug-likeness (QED) is 0.824. The number of anilines is 1. The highest BCUT2D eigenvalue weighted by Gasteiger charge is 2.38. The topological polar surface area (TPSA) is 86.0 Å². The average molecular weight is 347 g/mol. The summed E-state index contributed by atoms with van der Waals surface area (Å²) < 4.78 is 16.5. The van der Waals surface area contributed by atoms with Gasteiger partial charge in [-0.25, -0.2) is 9.18 Å². The van der Waals surface area contributed by atoms with E-state index in [0.29, 0.717) is 36.3 Å². The van der Waals surface area contributed by atoms with Crippen molar-refractivity contribution in [1.29, 1.82) is 0 Å². The molecule has 0 radical (unpaired) electrons. The predicted molar refractivity (Wildman–Crippen MR) is 90.7 cm³/mol. The van der Waals surface area contributed by atoms with Crippen molar-refractivity contribution in [2.75, 3.05) is 30.0 Å². The van der Waals surface area contributed by atoms with E-state index < -0.39 is 23.3 Å². The number of β-amino-alcohol motifs (C(OH)–C–C–N with tert-alkyl or cyclic N) is 1. The lowest BCUT2D eigenvalue weighted by Gasteiger charge is -2.46. The Labute approximate surface area is 142 Å². The number of carboxylic acid groups (broad SMARTS) is 1. The maximum Gasteiger partial charge on any atom is 0.341 e. The van der Waals surface area contributed by atoms with Gasteiger partial charge in [0.05, 0.1) is 28.7 Å². The Kier molecular flexibility index (Phi) is 3.30. The van der Waals surface area contributed by atoms with Crippen LogP contribution < -0.4 is 15.3 Å². The molecule has 132 valence electrons. The Morgan fingerprint density at radius 3 is 2.72 bits per heavy atom. The second-order valence-corrected chi connectivity index (χ2v) is 6.69. The lowest BCUT2D eigenvalue weighted by Crippen LogP contribution is -2.59. The Hall–Kier alpha value is -2.61. The van der Waals surface area contributed by atoms with Gasteiger partial charge in [-0.05, 0) is 19.4 Å². The van der Waals surface area contributed by atoms with Gasteiger partial charge < -0.3 is 20.1 Å². The lowest BCUT2D eigenvalue weighted by molar-refractivity contribution is 0.0694. The number of carboxylic acids is 1. The van der Waals surface area contributed by atoms with Crippen molar-refractivity contribution < 1.29 is 19.4 Å². The third-order valence-corrected chi connectivity index (χ3v) is 5.30. The first kappa shape index (κ1) is 15.9. The number of pyridine rings is 1. The smallest absolute Gasteiger partial charge is 0.341 e. The Bertz CT molecular complexity index is 971. The summed E-state index contributed by atoms with van der Waals surface area (Å²) in [6.45, 7) is 2.72. The van der Waals surface area contributed by atoms with Gasteiger partial charge >= 0.3 is 5.97 Å². The fourth-order valence-corrected chi connectivity index (χ4v) is 3.74. The van der Waals surface area contributed by atoms with E-state index in [-0.39, 0.29) is 17.0 Å². The fraction of sp³-hybridized carbons (Fsp3) is 0.412. The normalized spacial score (nSPS) is 22.2. The molecule has 2 N–H and O–H groups in total. The van der Waals surface area contributed by atoms with E-state index in [0.717, 1.165) is 6.07 Å². The number of nitrogens with zero attached hydrogens (tertiary/aromatic N) is 3. The van der Waals surface area contributed by atoms with Crippen LogP contribution in [0.15, 0.2) is 17.1 Å². The van der Waals surface area contributed by atoms with Crippen molar-refractivity contribution in [3.8, 4) is 0 Å². The van der Waals surface area contributed by atoms with Crippen LogP contribution in [-0.4, -0.2) is 53.1 Å². The highest BCUT2D eigenvalue weighted by molar-refractivity contribution is 5.95. The van der Waals surface area contributed by atoms with Gasteiger partial charge in [0, 0.05) is 31.9 Å². The SMILES string of the molecule is CC1C(O)CN1c1c(F)cc2c(=O)c(C(=O)O)cn3c2c1CCN3C. The summed E-state index contributed by atoms with van der Waals surface area (Å²) in [5.41, 5.74) is 0.550. The molecule has 4 rings (SSSR count). The second kappa shape index (κ2) is 5.19. The molecule has 2 unspecified atom stereocenters. The van der Waals surface area contributed by atoms with Gasteiger partial charge in [-0.15, -0.1) is 0 Å². The van der Waals surface area contributed by atoms with Crippen molar-refractivity contribution in [3.05, 3.63) is 39.4 Å². The van der Waals surface area contributed by atoms with E-state index >= 15 is 0 Å². The number of carbonyl (C=O) groups is 1. The van der Waals surface area contributed by atoms with Gasteiger partial charge in [-0.1, -0.05) is 0 Å². The summed E-state index contributed by atoms with van der Waals surface area (Å²) in [5.74, 6) is -1.89. The number of aliphatic hydroxyl groups excluding tert-OH is 1. The molecule has 2 aromatic rings. The van der Waals surface area contributed by atoms with Gasteiger partial charge in [-0.3, -0.25) is 9.47 Å². The van der Waals surface area contributed by atoms with Gasteiger partial charge in [0.15, 0.2) is 0 Å². The largest absolute Gasteiger partial charge is 0.477 e. The molecule has 1 aromatic heterocycles. The molecule has 1 fully saturated rings. The van der Waals surface area contributed by atoms with Crippen molar-refractivity contribution in [2.24, 2.45) is 0 Å². The first-order chi connectivity index (χ1) is 11.8. The highest BCUT2D eigenvalue weighted by atomic mass is 19.1. The van der Waals surface area contributed by atoms with Crippen LogP contribution >= 0.6 is 0 Å². The molecule has 2 aliphatic rings. The summed E-state index contributed by atoms with van der Waals surface area (Å²) in [7, 11) is 1.79. The predicted octanol–water partition coefficient (Wildman–Crippen LogP) is 0.532. The summed E-state index contributed by atoms with van der Waals surface area (Å²) in [6, 6.07) is 0.914. The zero-order valence-electron chi connectivity index (χ0n) is 13.9. The highest BCUT2D eigenvalue weighted by Crippen LogP contribution is 2.38. The molecule has 0 saturated carbocycles. The van der Waals surface area contributed by atoms with E-state index in [1.165, 1.54) is 6.20 Å². The molecule has 3 heterocycles. The first-order valence-electron chi connectivity index (χ1n) is 8.11. The van der Waals surface area contributed by atoms with Crippen molar-refractivity contribution >= 4 is 22.6 Å². The van der Waals surface area contributed by atoms with E-state index in [1.807, 2.05) is 6.92 Å². The third kappa shape index (κ3) is 2.07. The van der Waals surface area contributed by atoms with Crippen molar-refractivity contribution in [2.45, 2.75) is 25.5 Å². The maximum atomic E-state index is 14.9. The van der Waals surface area contributed by atoms with E-state index in [1.54, 1.807) is 21.6 Å². The lowest BCUT2D eigenvalue weighted by atomic mass is 9.94. The van der Waals surface area contributed by atoms with Gasteiger partial charge in [-0.2, -0.15) is 0 Å². The number of benzene rings is 1. The van der Waals surface area contributed by atoms with E-state index in [2.05, 4.69) is 0 Å². The van der Waals surface area contributed by atoms with Crippen molar-refractivity contribution in [3.63, 3.8) is 0 Å². The zero-order valence-corrected chi connectivity index (χ0v) is 13.9. The number of aliphatic hydroxyl groups is 1. The number of aromatic carboxylic acids is 1. The van der Waals surface area contributed by atoms with Crippen molar-refractivity contribution in [1.82, 2.24) is 4.68 Å². The van der Waals surface area contributed by atoms with E-state index in [4.69, 9.17) is 0 Å². The van der Waals surface area contributed by atoms with Crippen LogP contribution in [0, 0.1) is 5.82 Å². The van der Waals surface area contributed by atoms with Gasteiger partial charge in [0.2, 0.25) is 5.43 Å².